The van der Waals surface area contributed by atoms with Gasteiger partial charge in [0.15, 0.2) is 10.4 Å². The van der Waals surface area contributed by atoms with Gasteiger partial charge in [-0.1, -0.05) is 0 Å². The molecule has 2 amide bonds. The molecule has 0 aromatic carbocycles. The predicted octanol–water partition coefficient (Wildman–Crippen LogP) is 0.613. The highest BCUT2D eigenvalue weighted by Crippen LogP contribution is 2.13. The Morgan fingerprint density at radius 2 is 2.22 bits per heavy atom. The van der Waals surface area contributed by atoms with Gasteiger partial charge in [0.25, 0.3) is 5.91 Å². The minimum absolute atomic E-state index is 0.0321. The number of aliphatic hydroxyl groups excluding tert-OH is 1. The minimum atomic E-state index is -0.440. The molecule has 2 N–H and O–H groups in total. The first-order chi connectivity index (χ1) is 8.54. The molecule has 0 radical (unpaired) electrons. The zero-order valence-corrected chi connectivity index (χ0v) is 11.6. The fourth-order valence-corrected chi connectivity index (χ4v) is 1.55. The third-order valence-corrected chi connectivity index (χ3v) is 2.70. The molecule has 0 aliphatic carbocycles. The van der Waals surface area contributed by atoms with Crippen molar-refractivity contribution < 1.29 is 19.1 Å². The van der Waals surface area contributed by atoms with E-state index in [-0.39, 0.29) is 24.8 Å². The third kappa shape index (κ3) is 4.50. The normalized spacial score (nSPS) is 10.2. The van der Waals surface area contributed by atoms with E-state index in [1.54, 1.807) is 13.1 Å². The Morgan fingerprint density at radius 3 is 2.78 bits per heavy atom. The van der Waals surface area contributed by atoms with Gasteiger partial charge in [-0.3, -0.25) is 9.59 Å². The minimum Gasteiger partial charge on any atom is -0.444 e. The van der Waals surface area contributed by atoms with Crippen LogP contribution >= 0.6 is 15.9 Å². The standard InChI is InChI=1S/C11H15BrN2O4/c1-14(5-2-6-15)10(16)7-13-11(17)8-3-4-9(12)18-8/h3-4,15H,2,5-7H2,1H3,(H,13,17). The van der Waals surface area contributed by atoms with Gasteiger partial charge in [-0.25, -0.2) is 0 Å². The van der Waals surface area contributed by atoms with Crippen molar-refractivity contribution in [3.63, 3.8) is 0 Å². The van der Waals surface area contributed by atoms with Crippen LogP contribution in [-0.2, 0) is 4.79 Å². The Hall–Kier alpha value is -1.34. The van der Waals surface area contributed by atoms with Crippen molar-refractivity contribution in [1.29, 1.82) is 0 Å². The predicted molar refractivity (Wildman–Crippen MR) is 68.1 cm³/mol. The van der Waals surface area contributed by atoms with Crippen molar-refractivity contribution in [1.82, 2.24) is 10.2 Å². The van der Waals surface area contributed by atoms with Crippen molar-refractivity contribution in [2.75, 3.05) is 26.7 Å². The first-order valence-corrected chi connectivity index (χ1v) is 6.22. The van der Waals surface area contributed by atoms with E-state index in [1.807, 2.05) is 0 Å². The quantitative estimate of drug-likeness (QED) is 0.805. The maximum atomic E-state index is 11.6. The van der Waals surface area contributed by atoms with Crippen LogP contribution in [-0.4, -0.2) is 48.6 Å². The molecule has 0 bridgehead atoms. The Labute approximate surface area is 113 Å². The lowest BCUT2D eigenvalue weighted by atomic mass is 10.4. The van der Waals surface area contributed by atoms with Crippen molar-refractivity contribution in [3.05, 3.63) is 22.6 Å². The highest BCUT2D eigenvalue weighted by atomic mass is 79.9. The molecular weight excluding hydrogens is 304 g/mol. The monoisotopic (exact) mass is 318 g/mol. The summed E-state index contributed by atoms with van der Waals surface area (Å²) in [6.07, 6.45) is 0.515. The van der Waals surface area contributed by atoms with Crippen molar-refractivity contribution in [2.45, 2.75) is 6.42 Å². The van der Waals surface area contributed by atoms with Gasteiger partial charge in [-0.15, -0.1) is 0 Å². The lowest BCUT2D eigenvalue weighted by Crippen LogP contribution is -2.38. The van der Waals surface area contributed by atoms with E-state index in [0.29, 0.717) is 17.6 Å². The first-order valence-electron chi connectivity index (χ1n) is 5.43. The van der Waals surface area contributed by atoms with Gasteiger partial charge in [-0.05, 0) is 34.5 Å². The summed E-state index contributed by atoms with van der Waals surface area (Å²) in [5.74, 6) is -0.514. The zero-order chi connectivity index (χ0) is 13.5. The molecule has 0 aliphatic rings. The second kappa shape index (κ2) is 7.17. The smallest absolute Gasteiger partial charge is 0.287 e. The molecule has 7 heteroatoms. The van der Waals surface area contributed by atoms with E-state index in [1.165, 1.54) is 11.0 Å². The number of carbonyl (C=O) groups excluding carboxylic acids is 2. The Kier molecular flexibility index (Phi) is 5.87. The fourth-order valence-electron chi connectivity index (χ4n) is 1.25. The summed E-state index contributed by atoms with van der Waals surface area (Å²) in [6, 6.07) is 3.11. The number of furan rings is 1. The molecule has 0 aliphatic heterocycles. The van der Waals surface area contributed by atoms with E-state index < -0.39 is 5.91 Å². The summed E-state index contributed by atoms with van der Waals surface area (Å²) in [6.45, 7) is 0.390. The average molecular weight is 319 g/mol. The molecule has 0 spiro atoms. The van der Waals surface area contributed by atoms with Crippen LogP contribution in [0.15, 0.2) is 21.2 Å². The van der Waals surface area contributed by atoms with Crippen molar-refractivity contribution >= 4 is 27.7 Å². The second-order valence-corrected chi connectivity index (χ2v) is 4.46. The van der Waals surface area contributed by atoms with Gasteiger partial charge >= 0.3 is 0 Å². The number of rotatable bonds is 6. The van der Waals surface area contributed by atoms with E-state index in [2.05, 4.69) is 21.2 Å². The van der Waals surface area contributed by atoms with Crippen LogP contribution < -0.4 is 5.32 Å². The topological polar surface area (TPSA) is 82.8 Å². The SMILES string of the molecule is CN(CCCO)C(=O)CNC(=O)c1ccc(Br)o1. The van der Waals surface area contributed by atoms with Crippen LogP contribution in [0.2, 0.25) is 0 Å². The number of nitrogens with zero attached hydrogens (tertiary/aromatic N) is 1. The number of likely N-dealkylation sites (N-methyl/N-ethyl adjacent to an activating group) is 1. The Morgan fingerprint density at radius 1 is 1.50 bits per heavy atom. The van der Waals surface area contributed by atoms with Gasteiger partial charge in [-0.2, -0.15) is 0 Å². The maximum Gasteiger partial charge on any atom is 0.287 e. The molecular formula is C11H15BrN2O4. The number of aliphatic hydroxyl groups is 1. The molecule has 1 aromatic heterocycles. The van der Waals surface area contributed by atoms with Crippen molar-refractivity contribution in [2.24, 2.45) is 0 Å². The summed E-state index contributed by atoms with van der Waals surface area (Å²) >= 11 is 3.09. The highest BCUT2D eigenvalue weighted by molar-refractivity contribution is 9.10. The van der Waals surface area contributed by atoms with Gasteiger partial charge in [0.1, 0.15) is 0 Å². The van der Waals surface area contributed by atoms with Crippen LogP contribution in [0.4, 0.5) is 0 Å². The van der Waals surface area contributed by atoms with Gasteiger partial charge < -0.3 is 19.7 Å². The van der Waals surface area contributed by atoms with E-state index >= 15 is 0 Å². The average Bonchev–Trinajstić information content (AvgIpc) is 2.79. The van der Waals surface area contributed by atoms with Gasteiger partial charge in [0, 0.05) is 20.2 Å². The zero-order valence-electron chi connectivity index (χ0n) is 9.98. The molecule has 6 nitrogen and oxygen atoms in total. The van der Waals surface area contributed by atoms with Crippen LogP contribution in [0.25, 0.3) is 0 Å². The lowest BCUT2D eigenvalue weighted by Gasteiger charge is -2.16. The van der Waals surface area contributed by atoms with Crippen LogP contribution in [0.3, 0.4) is 0 Å². The van der Waals surface area contributed by atoms with E-state index in [9.17, 15) is 9.59 Å². The summed E-state index contributed by atoms with van der Waals surface area (Å²) in [5, 5.41) is 11.1. The second-order valence-electron chi connectivity index (χ2n) is 3.68. The number of halogens is 1. The molecule has 1 rings (SSSR count). The summed E-state index contributed by atoms with van der Waals surface area (Å²) in [7, 11) is 1.62. The highest BCUT2D eigenvalue weighted by Gasteiger charge is 2.13. The molecule has 1 heterocycles. The maximum absolute atomic E-state index is 11.6. The fraction of sp³-hybridized carbons (Fsp3) is 0.455. The molecule has 0 unspecified atom stereocenters. The molecule has 18 heavy (non-hydrogen) atoms. The molecule has 0 saturated carbocycles. The number of carbonyl (C=O) groups is 2. The van der Waals surface area contributed by atoms with E-state index in [0.717, 1.165) is 0 Å². The molecule has 1 aromatic rings. The molecule has 0 fully saturated rings. The number of nitrogens with one attached hydrogen (secondary N) is 1. The molecule has 0 saturated heterocycles. The third-order valence-electron chi connectivity index (χ3n) is 2.27. The van der Waals surface area contributed by atoms with Gasteiger partial charge in [0.05, 0.1) is 6.54 Å². The Bertz CT molecular complexity index is 419. The molecule has 100 valence electrons. The summed E-state index contributed by atoms with van der Waals surface area (Å²) < 4.78 is 5.51. The number of hydrogen-bond donors (Lipinski definition) is 2. The van der Waals surface area contributed by atoms with Crippen LogP contribution in [0.1, 0.15) is 17.0 Å². The number of amides is 2. The lowest BCUT2D eigenvalue weighted by molar-refractivity contribution is -0.128. The Balaban J connectivity index is 2.36. The first kappa shape index (κ1) is 14.7. The molecule has 0 atom stereocenters. The summed E-state index contributed by atoms with van der Waals surface area (Å²) in [4.78, 5) is 24.6. The largest absolute Gasteiger partial charge is 0.444 e. The number of hydrogen-bond acceptors (Lipinski definition) is 4. The van der Waals surface area contributed by atoms with E-state index in [4.69, 9.17) is 9.52 Å². The summed E-state index contributed by atoms with van der Waals surface area (Å²) in [5.41, 5.74) is 0. The van der Waals surface area contributed by atoms with Crippen LogP contribution in [0, 0.1) is 0 Å². The van der Waals surface area contributed by atoms with Crippen molar-refractivity contribution in [3.8, 4) is 0 Å². The van der Waals surface area contributed by atoms with Gasteiger partial charge in [0.2, 0.25) is 5.91 Å². The van der Waals surface area contributed by atoms with Crippen LogP contribution in [0.5, 0.6) is 0 Å².